The molecular formula is C15H27N5O. The first-order valence-corrected chi connectivity index (χ1v) is 7.52. The Balaban J connectivity index is 2.22. The molecule has 1 atom stereocenters. The van der Waals surface area contributed by atoms with Crippen LogP contribution in [0.5, 0.6) is 0 Å². The summed E-state index contributed by atoms with van der Waals surface area (Å²) in [6.07, 6.45) is 2.07. The van der Waals surface area contributed by atoms with E-state index in [1.807, 2.05) is 11.7 Å². The zero-order chi connectivity index (χ0) is 15.6. The van der Waals surface area contributed by atoms with Gasteiger partial charge in [0.15, 0.2) is 0 Å². The van der Waals surface area contributed by atoms with E-state index in [0.717, 1.165) is 25.3 Å². The summed E-state index contributed by atoms with van der Waals surface area (Å²) < 4.78 is 1.87. The summed E-state index contributed by atoms with van der Waals surface area (Å²) >= 11 is 0. The summed E-state index contributed by atoms with van der Waals surface area (Å²) in [6, 6.07) is -0.114. The second kappa shape index (κ2) is 6.15. The standard InChI is InChI=1S/C15H27N5O/c1-15(2,3)13-11(9-19(5)18-13)10-20-7-6-17-8-12(20)14(21)16-4/h9,12,17H,6-8,10H2,1-5H3,(H,16,21). The van der Waals surface area contributed by atoms with Crippen LogP contribution in [-0.2, 0) is 23.8 Å². The molecule has 1 amide bonds. The number of amides is 1. The van der Waals surface area contributed by atoms with Gasteiger partial charge in [-0.2, -0.15) is 5.10 Å². The van der Waals surface area contributed by atoms with E-state index in [4.69, 9.17) is 0 Å². The number of aryl methyl sites for hydroxylation is 1. The molecule has 2 rings (SSSR count). The number of carbonyl (C=O) groups is 1. The molecule has 1 unspecified atom stereocenters. The average molecular weight is 293 g/mol. The zero-order valence-corrected chi connectivity index (χ0v) is 13.7. The van der Waals surface area contributed by atoms with Gasteiger partial charge in [0, 0.05) is 57.4 Å². The van der Waals surface area contributed by atoms with Crippen LogP contribution in [0.3, 0.4) is 0 Å². The Labute approximate surface area is 126 Å². The van der Waals surface area contributed by atoms with Crippen molar-refractivity contribution < 1.29 is 4.79 Å². The number of likely N-dealkylation sites (N-methyl/N-ethyl adjacent to an activating group) is 1. The molecule has 118 valence electrons. The molecule has 1 aromatic rings. The van der Waals surface area contributed by atoms with Gasteiger partial charge in [-0.15, -0.1) is 0 Å². The van der Waals surface area contributed by atoms with Crippen molar-refractivity contribution in [1.82, 2.24) is 25.3 Å². The van der Waals surface area contributed by atoms with Crippen LogP contribution in [0.4, 0.5) is 0 Å². The summed E-state index contributed by atoms with van der Waals surface area (Å²) in [5.41, 5.74) is 2.33. The molecular weight excluding hydrogens is 266 g/mol. The lowest BCUT2D eigenvalue weighted by Gasteiger charge is -2.35. The quantitative estimate of drug-likeness (QED) is 0.838. The fourth-order valence-corrected chi connectivity index (χ4v) is 2.86. The van der Waals surface area contributed by atoms with E-state index in [-0.39, 0.29) is 17.4 Å². The van der Waals surface area contributed by atoms with Crippen LogP contribution >= 0.6 is 0 Å². The highest BCUT2D eigenvalue weighted by atomic mass is 16.2. The molecule has 0 aromatic carbocycles. The maximum absolute atomic E-state index is 12.0. The summed E-state index contributed by atoms with van der Waals surface area (Å²) in [6.45, 7) is 9.77. The third-order valence-corrected chi connectivity index (χ3v) is 3.89. The number of piperazine rings is 1. The minimum atomic E-state index is -0.114. The maximum Gasteiger partial charge on any atom is 0.238 e. The lowest BCUT2D eigenvalue weighted by Crippen LogP contribution is -2.57. The second-order valence-corrected chi connectivity index (χ2v) is 6.73. The van der Waals surface area contributed by atoms with Crippen LogP contribution in [0, 0.1) is 0 Å². The molecule has 6 heteroatoms. The number of rotatable bonds is 3. The van der Waals surface area contributed by atoms with E-state index < -0.39 is 0 Å². The topological polar surface area (TPSA) is 62.2 Å². The normalized spacial score (nSPS) is 20.5. The van der Waals surface area contributed by atoms with Crippen molar-refractivity contribution in [3.63, 3.8) is 0 Å². The minimum Gasteiger partial charge on any atom is -0.358 e. The van der Waals surface area contributed by atoms with Gasteiger partial charge < -0.3 is 10.6 Å². The molecule has 2 N–H and O–H groups in total. The monoisotopic (exact) mass is 293 g/mol. The minimum absolute atomic E-state index is 0.00709. The molecule has 1 aromatic heterocycles. The lowest BCUT2D eigenvalue weighted by molar-refractivity contribution is -0.126. The molecule has 0 bridgehead atoms. The fraction of sp³-hybridized carbons (Fsp3) is 0.733. The van der Waals surface area contributed by atoms with E-state index in [1.165, 1.54) is 5.56 Å². The molecule has 0 spiro atoms. The Morgan fingerprint density at radius 2 is 2.24 bits per heavy atom. The average Bonchev–Trinajstić information content (AvgIpc) is 2.79. The highest BCUT2D eigenvalue weighted by Gasteiger charge is 2.30. The Kier molecular flexibility index (Phi) is 4.68. The Morgan fingerprint density at radius 3 is 2.86 bits per heavy atom. The molecule has 21 heavy (non-hydrogen) atoms. The molecule has 0 radical (unpaired) electrons. The number of hydrogen-bond acceptors (Lipinski definition) is 4. The number of nitrogens with zero attached hydrogens (tertiary/aromatic N) is 3. The van der Waals surface area contributed by atoms with Gasteiger partial charge in [-0.25, -0.2) is 0 Å². The number of aromatic nitrogens is 2. The molecule has 2 heterocycles. The van der Waals surface area contributed by atoms with E-state index in [1.54, 1.807) is 7.05 Å². The number of hydrogen-bond donors (Lipinski definition) is 2. The summed E-state index contributed by atoms with van der Waals surface area (Å²) in [5, 5.41) is 10.7. The van der Waals surface area contributed by atoms with Crippen LogP contribution in [-0.4, -0.2) is 53.3 Å². The van der Waals surface area contributed by atoms with E-state index in [9.17, 15) is 4.79 Å². The van der Waals surface area contributed by atoms with Crippen molar-refractivity contribution in [2.75, 3.05) is 26.7 Å². The van der Waals surface area contributed by atoms with Gasteiger partial charge in [0.25, 0.3) is 0 Å². The van der Waals surface area contributed by atoms with Crippen LogP contribution < -0.4 is 10.6 Å². The lowest BCUT2D eigenvalue weighted by atomic mass is 9.89. The smallest absolute Gasteiger partial charge is 0.238 e. The molecule has 1 aliphatic rings. The van der Waals surface area contributed by atoms with E-state index in [2.05, 4.69) is 47.6 Å². The van der Waals surface area contributed by atoms with Gasteiger partial charge >= 0.3 is 0 Å². The first-order valence-electron chi connectivity index (χ1n) is 7.52. The molecule has 6 nitrogen and oxygen atoms in total. The molecule has 0 aliphatic carbocycles. The van der Waals surface area contributed by atoms with Crippen LogP contribution in [0.25, 0.3) is 0 Å². The van der Waals surface area contributed by atoms with Gasteiger partial charge in [-0.3, -0.25) is 14.4 Å². The Bertz CT molecular complexity index is 503. The summed E-state index contributed by atoms with van der Waals surface area (Å²) in [7, 11) is 3.65. The zero-order valence-electron chi connectivity index (χ0n) is 13.7. The van der Waals surface area contributed by atoms with Gasteiger partial charge in [-0.05, 0) is 0 Å². The fourth-order valence-electron chi connectivity index (χ4n) is 2.86. The van der Waals surface area contributed by atoms with Crippen LogP contribution in [0.1, 0.15) is 32.0 Å². The number of nitrogens with one attached hydrogen (secondary N) is 2. The van der Waals surface area contributed by atoms with Crippen molar-refractivity contribution in [2.45, 2.75) is 38.8 Å². The summed E-state index contributed by atoms with van der Waals surface area (Å²) in [4.78, 5) is 14.3. The molecule has 1 fully saturated rings. The molecule has 1 aliphatic heterocycles. The van der Waals surface area contributed by atoms with Crippen molar-refractivity contribution in [1.29, 1.82) is 0 Å². The van der Waals surface area contributed by atoms with Crippen LogP contribution in [0.15, 0.2) is 6.20 Å². The SMILES string of the molecule is CNC(=O)C1CNCCN1Cc1cn(C)nc1C(C)(C)C. The summed E-state index contributed by atoms with van der Waals surface area (Å²) in [5.74, 6) is 0.0726. The molecule has 1 saturated heterocycles. The predicted octanol–water partition coefficient (Wildman–Crippen LogP) is 0.237. The van der Waals surface area contributed by atoms with Crippen molar-refractivity contribution in [3.8, 4) is 0 Å². The van der Waals surface area contributed by atoms with Gasteiger partial charge in [-0.1, -0.05) is 20.8 Å². The predicted molar refractivity (Wildman–Crippen MR) is 83.0 cm³/mol. The van der Waals surface area contributed by atoms with Gasteiger partial charge in [0.05, 0.1) is 5.69 Å². The van der Waals surface area contributed by atoms with Gasteiger partial charge in [0.2, 0.25) is 5.91 Å². The Morgan fingerprint density at radius 1 is 1.52 bits per heavy atom. The van der Waals surface area contributed by atoms with Crippen molar-refractivity contribution in [3.05, 3.63) is 17.5 Å². The van der Waals surface area contributed by atoms with Crippen molar-refractivity contribution in [2.24, 2.45) is 7.05 Å². The highest BCUT2D eigenvalue weighted by molar-refractivity contribution is 5.81. The first kappa shape index (κ1) is 16.0. The third-order valence-electron chi connectivity index (χ3n) is 3.89. The van der Waals surface area contributed by atoms with Crippen molar-refractivity contribution >= 4 is 5.91 Å². The maximum atomic E-state index is 12.0. The largest absolute Gasteiger partial charge is 0.358 e. The highest BCUT2D eigenvalue weighted by Crippen LogP contribution is 2.25. The van der Waals surface area contributed by atoms with Gasteiger partial charge in [0.1, 0.15) is 6.04 Å². The second-order valence-electron chi connectivity index (χ2n) is 6.73. The first-order chi connectivity index (χ1) is 9.82. The Hall–Kier alpha value is -1.40. The molecule has 0 saturated carbocycles. The van der Waals surface area contributed by atoms with E-state index in [0.29, 0.717) is 6.54 Å². The third kappa shape index (κ3) is 3.63. The van der Waals surface area contributed by atoms with Crippen LogP contribution in [0.2, 0.25) is 0 Å². The number of carbonyl (C=O) groups excluding carboxylic acids is 1. The van der Waals surface area contributed by atoms with E-state index >= 15 is 0 Å².